The molecule has 2 N–H and O–H groups in total. The van der Waals surface area contributed by atoms with E-state index in [1.54, 1.807) is 13.8 Å². The average molecular weight is 212 g/mol. The standard InChI is InChI=1S/C10H16N2O3/c1-6(8-4-11-5-8)9(13)12-7(2)10(14)15-3/h7,11H,4-5H2,1-3H3,(H,12,13)/t7-/m0/s1. The number of ether oxygens (including phenoxy) is 1. The van der Waals surface area contributed by atoms with Crippen LogP contribution in [0.1, 0.15) is 13.8 Å². The molecule has 15 heavy (non-hydrogen) atoms. The summed E-state index contributed by atoms with van der Waals surface area (Å²) in [6.45, 7) is 4.87. The highest BCUT2D eigenvalue weighted by atomic mass is 16.5. The van der Waals surface area contributed by atoms with Crippen molar-refractivity contribution in [1.82, 2.24) is 10.6 Å². The molecule has 0 radical (unpaired) electrons. The summed E-state index contributed by atoms with van der Waals surface area (Å²) in [5, 5.41) is 5.64. The van der Waals surface area contributed by atoms with Crippen LogP contribution in [0.25, 0.3) is 0 Å². The van der Waals surface area contributed by atoms with Gasteiger partial charge in [0.2, 0.25) is 5.91 Å². The van der Waals surface area contributed by atoms with Crippen LogP contribution in [-0.4, -0.2) is 38.1 Å². The molecule has 0 unspecified atom stereocenters. The topological polar surface area (TPSA) is 67.4 Å². The lowest BCUT2D eigenvalue weighted by Crippen LogP contribution is -2.42. The van der Waals surface area contributed by atoms with E-state index in [2.05, 4.69) is 15.4 Å². The molecule has 5 nitrogen and oxygen atoms in total. The quantitative estimate of drug-likeness (QED) is 0.492. The molecule has 0 aromatic carbocycles. The smallest absolute Gasteiger partial charge is 0.328 e. The highest BCUT2D eigenvalue weighted by Gasteiger charge is 2.20. The number of carbonyl (C=O) groups excluding carboxylic acids is 2. The van der Waals surface area contributed by atoms with Crippen molar-refractivity contribution in [3.63, 3.8) is 0 Å². The van der Waals surface area contributed by atoms with Gasteiger partial charge in [0, 0.05) is 18.7 Å². The number of carbonyl (C=O) groups is 2. The van der Waals surface area contributed by atoms with Crippen molar-refractivity contribution < 1.29 is 14.3 Å². The number of rotatable bonds is 3. The third-order valence-electron chi connectivity index (χ3n) is 2.45. The summed E-state index contributed by atoms with van der Waals surface area (Å²) in [6, 6.07) is -0.605. The summed E-state index contributed by atoms with van der Waals surface area (Å²) in [5.41, 5.74) is 1.77. The minimum absolute atomic E-state index is 0.204. The normalized spacial score (nSPS) is 16.3. The van der Waals surface area contributed by atoms with Crippen LogP contribution >= 0.6 is 0 Å². The van der Waals surface area contributed by atoms with E-state index in [-0.39, 0.29) is 5.91 Å². The van der Waals surface area contributed by atoms with Crippen molar-refractivity contribution in [1.29, 1.82) is 0 Å². The molecule has 1 atom stereocenters. The molecule has 1 heterocycles. The van der Waals surface area contributed by atoms with E-state index in [0.717, 1.165) is 18.7 Å². The second-order valence-electron chi connectivity index (χ2n) is 3.55. The van der Waals surface area contributed by atoms with Gasteiger partial charge in [-0.25, -0.2) is 4.79 Å². The van der Waals surface area contributed by atoms with E-state index >= 15 is 0 Å². The monoisotopic (exact) mass is 212 g/mol. The summed E-state index contributed by atoms with van der Waals surface area (Å²) < 4.78 is 4.51. The van der Waals surface area contributed by atoms with Gasteiger partial charge >= 0.3 is 5.97 Å². The largest absolute Gasteiger partial charge is 0.467 e. The molecule has 0 spiro atoms. The van der Waals surface area contributed by atoms with Crippen molar-refractivity contribution in [3.8, 4) is 0 Å². The van der Waals surface area contributed by atoms with Crippen LogP contribution in [0.4, 0.5) is 0 Å². The number of hydrogen-bond acceptors (Lipinski definition) is 4. The number of esters is 1. The van der Waals surface area contributed by atoms with Gasteiger partial charge in [-0.1, -0.05) is 0 Å². The fraction of sp³-hybridized carbons (Fsp3) is 0.600. The van der Waals surface area contributed by atoms with Crippen LogP contribution in [0.15, 0.2) is 11.1 Å². The fourth-order valence-corrected chi connectivity index (χ4v) is 1.22. The zero-order valence-corrected chi connectivity index (χ0v) is 9.22. The molecule has 0 aliphatic carbocycles. The van der Waals surface area contributed by atoms with Crippen LogP contribution in [0.3, 0.4) is 0 Å². The van der Waals surface area contributed by atoms with Crippen molar-refractivity contribution in [2.45, 2.75) is 19.9 Å². The first-order chi connectivity index (χ1) is 7.06. The van der Waals surface area contributed by atoms with Crippen LogP contribution in [0, 0.1) is 0 Å². The van der Waals surface area contributed by atoms with E-state index in [1.165, 1.54) is 7.11 Å². The Morgan fingerprint density at radius 2 is 2.07 bits per heavy atom. The molecule has 1 aliphatic heterocycles. The number of hydrogen-bond donors (Lipinski definition) is 2. The maximum Gasteiger partial charge on any atom is 0.328 e. The summed E-state index contributed by atoms with van der Waals surface area (Å²) in [6.07, 6.45) is 0. The highest BCUT2D eigenvalue weighted by Crippen LogP contribution is 2.08. The van der Waals surface area contributed by atoms with Crippen molar-refractivity contribution in [2.24, 2.45) is 0 Å². The zero-order valence-electron chi connectivity index (χ0n) is 9.22. The SMILES string of the molecule is COC(=O)[C@H](C)NC(=O)C(C)=C1CNC1. The molecule has 0 saturated carbocycles. The number of nitrogens with one attached hydrogen (secondary N) is 2. The van der Waals surface area contributed by atoms with Crippen molar-refractivity contribution in [3.05, 3.63) is 11.1 Å². The summed E-state index contributed by atoms with van der Waals surface area (Å²) in [7, 11) is 1.30. The second-order valence-corrected chi connectivity index (χ2v) is 3.55. The predicted molar refractivity (Wildman–Crippen MR) is 55.2 cm³/mol. The van der Waals surface area contributed by atoms with Gasteiger partial charge in [0.25, 0.3) is 0 Å². The molecule has 0 aromatic rings. The number of amides is 1. The molecule has 1 fully saturated rings. The Labute approximate surface area is 88.9 Å². The molecule has 1 amide bonds. The summed E-state index contributed by atoms with van der Waals surface area (Å²) >= 11 is 0. The van der Waals surface area contributed by atoms with E-state index in [9.17, 15) is 9.59 Å². The lowest BCUT2D eigenvalue weighted by atomic mass is 10.0. The van der Waals surface area contributed by atoms with E-state index in [4.69, 9.17) is 0 Å². The lowest BCUT2D eigenvalue weighted by molar-refractivity contribution is -0.144. The summed E-state index contributed by atoms with van der Waals surface area (Å²) in [4.78, 5) is 22.7. The Balaban J connectivity index is 2.52. The molecule has 0 bridgehead atoms. The summed E-state index contributed by atoms with van der Waals surface area (Å²) in [5.74, 6) is -0.641. The predicted octanol–water partition coefficient (Wildman–Crippen LogP) is -0.416. The molecule has 1 saturated heterocycles. The molecule has 5 heteroatoms. The van der Waals surface area contributed by atoms with Crippen LogP contribution < -0.4 is 10.6 Å². The number of methoxy groups -OCH3 is 1. The van der Waals surface area contributed by atoms with Gasteiger partial charge in [0.1, 0.15) is 6.04 Å². The molecular formula is C10H16N2O3. The molecule has 84 valence electrons. The molecule has 1 aliphatic rings. The van der Waals surface area contributed by atoms with E-state index < -0.39 is 12.0 Å². The Bertz CT molecular complexity index is 304. The maximum atomic E-state index is 11.6. The van der Waals surface area contributed by atoms with Crippen molar-refractivity contribution >= 4 is 11.9 Å². The van der Waals surface area contributed by atoms with Gasteiger partial charge < -0.3 is 15.4 Å². The highest BCUT2D eigenvalue weighted by molar-refractivity contribution is 5.96. The average Bonchev–Trinajstić information content (AvgIpc) is 2.13. The van der Waals surface area contributed by atoms with Gasteiger partial charge in [-0.05, 0) is 19.4 Å². The Morgan fingerprint density at radius 3 is 2.47 bits per heavy atom. The van der Waals surface area contributed by atoms with E-state index in [0.29, 0.717) is 5.57 Å². The third-order valence-corrected chi connectivity index (χ3v) is 2.45. The maximum absolute atomic E-state index is 11.6. The van der Waals surface area contributed by atoms with E-state index in [1.807, 2.05) is 0 Å². The van der Waals surface area contributed by atoms with Gasteiger partial charge in [-0.3, -0.25) is 4.79 Å². The Hall–Kier alpha value is -1.36. The first kappa shape index (κ1) is 11.7. The van der Waals surface area contributed by atoms with Gasteiger partial charge in [-0.15, -0.1) is 0 Å². The van der Waals surface area contributed by atoms with Crippen molar-refractivity contribution in [2.75, 3.05) is 20.2 Å². The fourth-order valence-electron chi connectivity index (χ4n) is 1.22. The third kappa shape index (κ3) is 2.79. The first-order valence-corrected chi connectivity index (χ1v) is 4.84. The minimum Gasteiger partial charge on any atom is -0.467 e. The van der Waals surface area contributed by atoms with Gasteiger partial charge in [0.05, 0.1) is 7.11 Å². The Kier molecular flexibility index (Phi) is 3.85. The van der Waals surface area contributed by atoms with Gasteiger partial charge in [0.15, 0.2) is 0 Å². The minimum atomic E-state index is -0.605. The molecular weight excluding hydrogens is 196 g/mol. The Morgan fingerprint density at radius 1 is 1.47 bits per heavy atom. The van der Waals surface area contributed by atoms with Crippen LogP contribution in [0.5, 0.6) is 0 Å². The lowest BCUT2D eigenvalue weighted by Gasteiger charge is -2.22. The molecule has 1 rings (SSSR count). The van der Waals surface area contributed by atoms with Crippen LogP contribution in [-0.2, 0) is 14.3 Å². The second kappa shape index (κ2) is 4.93. The van der Waals surface area contributed by atoms with Crippen LogP contribution in [0.2, 0.25) is 0 Å². The zero-order chi connectivity index (χ0) is 11.4. The van der Waals surface area contributed by atoms with Gasteiger partial charge in [-0.2, -0.15) is 0 Å². The molecule has 0 aromatic heterocycles. The first-order valence-electron chi connectivity index (χ1n) is 4.84.